The van der Waals surface area contributed by atoms with Gasteiger partial charge in [0.25, 0.3) is 5.91 Å². The Morgan fingerprint density at radius 1 is 0.955 bits per heavy atom. The van der Waals surface area contributed by atoms with Gasteiger partial charge in [0.1, 0.15) is 0 Å². The molecule has 0 saturated carbocycles. The van der Waals surface area contributed by atoms with Crippen molar-refractivity contribution < 1.29 is 35.3 Å². The van der Waals surface area contributed by atoms with Crippen LogP contribution >= 0.6 is 11.6 Å². The molecule has 2 aliphatic heterocycles. The maximum atomic E-state index is 13.4. The summed E-state index contributed by atoms with van der Waals surface area (Å²) in [4.78, 5) is 17.6. The highest BCUT2D eigenvalue weighted by atomic mass is 35.5. The molecule has 1 spiro atoms. The van der Waals surface area contributed by atoms with Crippen molar-refractivity contribution in [1.82, 2.24) is 9.80 Å². The van der Waals surface area contributed by atoms with Gasteiger partial charge in [0.2, 0.25) is 0 Å². The average Bonchev–Trinajstić information content (AvgIpc) is 3.25. The van der Waals surface area contributed by atoms with E-state index in [1.165, 1.54) is 17.5 Å². The molecule has 44 heavy (non-hydrogen) atoms. The standard InChI is InChI=1S/C32H31ClF6N2O2S/c1-40(29(42)23-16-24(31(34,35)36)18-25(17-23)32(37,38)39)19-22(21-6-8-26(33)9-7-21)10-13-41-14-11-30(12-15-41)20-44(43)28-5-3-2-4-27(28)30/h2-9,16-18,22H,10-15,19-20H2,1H3/t22-,44?/m1/s1. The van der Waals surface area contributed by atoms with Crippen LogP contribution in [0.1, 0.15) is 57.8 Å². The first kappa shape index (κ1) is 32.5. The molecule has 0 aromatic heterocycles. The molecule has 0 bridgehead atoms. The molecule has 1 fully saturated rings. The van der Waals surface area contributed by atoms with E-state index >= 15 is 0 Å². The molecule has 0 aliphatic carbocycles. The first-order valence-electron chi connectivity index (χ1n) is 14.2. The molecule has 2 atom stereocenters. The van der Waals surface area contributed by atoms with Crippen molar-refractivity contribution in [3.8, 4) is 0 Å². The number of hydrogen-bond acceptors (Lipinski definition) is 3. The first-order chi connectivity index (χ1) is 20.7. The highest BCUT2D eigenvalue weighted by Crippen LogP contribution is 2.45. The molecular formula is C32H31ClF6N2O2S. The minimum atomic E-state index is -5.05. The fourth-order valence-corrected chi connectivity index (χ4v) is 8.26. The van der Waals surface area contributed by atoms with E-state index in [2.05, 4.69) is 11.0 Å². The van der Waals surface area contributed by atoms with Crippen LogP contribution in [0, 0.1) is 0 Å². The molecule has 5 rings (SSSR count). The van der Waals surface area contributed by atoms with Gasteiger partial charge in [-0.3, -0.25) is 9.00 Å². The lowest BCUT2D eigenvalue weighted by molar-refractivity contribution is -0.143. The molecule has 2 aliphatic rings. The average molecular weight is 657 g/mol. The lowest BCUT2D eigenvalue weighted by atomic mass is 9.74. The van der Waals surface area contributed by atoms with Crippen molar-refractivity contribution in [2.75, 3.05) is 39.0 Å². The van der Waals surface area contributed by atoms with Crippen LogP contribution in [0.25, 0.3) is 0 Å². The number of amides is 1. The molecular weight excluding hydrogens is 626 g/mol. The molecule has 1 saturated heterocycles. The molecule has 236 valence electrons. The summed E-state index contributed by atoms with van der Waals surface area (Å²) in [6.45, 7) is 2.32. The number of carbonyl (C=O) groups excluding carboxylic acids is 1. The Kier molecular flexibility index (Phi) is 9.22. The summed E-state index contributed by atoms with van der Waals surface area (Å²) < 4.78 is 93.2. The summed E-state index contributed by atoms with van der Waals surface area (Å²) in [6.07, 6.45) is -7.80. The Morgan fingerprint density at radius 2 is 1.55 bits per heavy atom. The van der Waals surface area contributed by atoms with E-state index in [1.54, 1.807) is 12.1 Å². The van der Waals surface area contributed by atoms with Gasteiger partial charge in [-0.2, -0.15) is 26.3 Å². The van der Waals surface area contributed by atoms with Crippen LogP contribution < -0.4 is 0 Å². The molecule has 12 heteroatoms. The third-order valence-electron chi connectivity index (χ3n) is 8.74. The smallest absolute Gasteiger partial charge is 0.341 e. The lowest BCUT2D eigenvalue weighted by Crippen LogP contribution is -2.44. The van der Waals surface area contributed by atoms with Gasteiger partial charge in [-0.25, -0.2) is 0 Å². The number of rotatable bonds is 7. The molecule has 3 aromatic rings. The van der Waals surface area contributed by atoms with E-state index < -0.39 is 45.7 Å². The largest absolute Gasteiger partial charge is 0.416 e. The van der Waals surface area contributed by atoms with Crippen molar-refractivity contribution in [2.45, 2.75) is 47.8 Å². The summed E-state index contributed by atoms with van der Waals surface area (Å²) in [5.74, 6) is -0.579. The van der Waals surface area contributed by atoms with Crippen molar-refractivity contribution >= 4 is 28.3 Å². The zero-order valence-corrected chi connectivity index (χ0v) is 25.4. The van der Waals surface area contributed by atoms with Gasteiger partial charge < -0.3 is 9.80 Å². The Bertz CT molecular complexity index is 1500. The third kappa shape index (κ3) is 7.00. The molecule has 0 N–H and O–H groups in total. The van der Waals surface area contributed by atoms with Gasteiger partial charge in [0.05, 0.1) is 21.9 Å². The monoisotopic (exact) mass is 656 g/mol. The van der Waals surface area contributed by atoms with Crippen molar-refractivity contribution in [3.05, 3.63) is 99.6 Å². The number of alkyl halides is 6. The van der Waals surface area contributed by atoms with Gasteiger partial charge in [-0.15, -0.1) is 0 Å². The summed E-state index contributed by atoms with van der Waals surface area (Å²) >= 11 is 6.08. The molecule has 3 aromatic carbocycles. The highest BCUT2D eigenvalue weighted by Gasteiger charge is 2.44. The SMILES string of the molecule is CN(C[C@@H](CCN1CCC2(CC1)CS(=O)c1ccccc12)c1ccc(Cl)cc1)C(=O)c1cc(C(F)(F)F)cc(C(F)(F)F)c1. The summed E-state index contributed by atoms with van der Waals surface area (Å²) in [6, 6.07) is 15.9. The van der Waals surface area contributed by atoms with E-state index in [1.807, 2.05) is 30.3 Å². The molecule has 2 heterocycles. The lowest BCUT2D eigenvalue weighted by Gasteiger charge is -2.40. The van der Waals surface area contributed by atoms with Crippen molar-refractivity contribution in [1.29, 1.82) is 0 Å². The minimum Gasteiger partial charge on any atom is -0.341 e. The second-order valence-corrected chi connectivity index (χ2v) is 13.5. The highest BCUT2D eigenvalue weighted by molar-refractivity contribution is 7.85. The molecule has 4 nitrogen and oxygen atoms in total. The molecule has 1 unspecified atom stereocenters. The Labute approximate surface area is 259 Å². The quantitative estimate of drug-likeness (QED) is 0.244. The maximum Gasteiger partial charge on any atom is 0.416 e. The second kappa shape index (κ2) is 12.5. The van der Waals surface area contributed by atoms with Crippen LogP contribution in [0.3, 0.4) is 0 Å². The Hall–Kier alpha value is -2.89. The Balaban J connectivity index is 1.30. The predicted octanol–water partition coefficient (Wildman–Crippen LogP) is 7.78. The summed E-state index contributed by atoms with van der Waals surface area (Å²) in [5, 5.41) is 0.510. The summed E-state index contributed by atoms with van der Waals surface area (Å²) in [7, 11) is 0.360. The number of fused-ring (bicyclic) bond motifs is 2. The number of carbonyl (C=O) groups is 1. The van der Waals surface area contributed by atoms with Crippen LogP contribution in [0.15, 0.2) is 71.6 Å². The summed E-state index contributed by atoms with van der Waals surface area (Å²) in [5.41, 5.74) is -1.84. The zero-order chi connectivity index (χ0) is 31.9. The van der Waals surface area contributed by atoms with Crippen LogP contribution in [0.4, 0.5) is 26.3 Å². The number of piperidine rings is 1. The van der Waals surface area contributed by atoms with Crippen molar-refractivity contribution in [3.63, 3.8) is 0 Å². The zero-order valence-electron chi connectivity index (χ0n) is 23.8. The van der Waals surface area contributed by atoms with Crippen LogP contribution in [-0.4, -0.2) is 58.9 Å². The van der Waals surface area contributed by atoms with Crippen LogP contribution in [-0.2, 0) is 28.6 Å². The normalized spacial score (nSPS) is 19.1. The Morgan fingerprint density at radius 3 is 2.14 bits per heavy atom. The predicted molar refractivity (Wildman–Crippen MR) is 157 cm³/mol. The maximum absolute atomic E-state index is 13.4. The fraction of sp³-hybridized carbons (Fsp3) is 0.406. The van der Waals surface area contributed by atoms with E-state index in [0.29, 0.717) is 35.9 Å². The van der Waals surface area contributed by atoms with Gasteiger partial charge in [-0.1, -0.05) is 41.9 Å². The number of hydrogen-bond donors (Lipinski definition) is 0. The van der Waals surface area contributed by atoms with E-state index in [4.69, 9.17) is 11.6 Å². The number of likely N-dealkylation sites (tertiary alicyclic amines) is 1. The fourth-order valence-electron chi connectivity index (χ4n) is 6.28. The van der Waals surface area contributed by atoms with Gasteiger partial charge in [0, 0.05) is 46.2 Å². The topological polar surface area (TPSA) is 40.6 Å². The van der Waals surface area contributed by atoms with Gasteiger partial charge in [-0.05, 0) is 86.4 Å². The van der Waals surface area contributed by atoms with Gasteiger partial charge in [0.15, 0.2) is 0 Å². The number of halogens is 7. The third-order valence-corrected chi connectivity index (χ3v) is 10.6. The number of likely N-dealkylation sites (N-methyl/N-ethyl adjacent to an activating group) is 1. The minimum absolute atomic E-state index is 0.0118. The van der Waals surface area contributed by atoms with E-state index in [0.717, 1.165) is 36.4 Å². The van der Waals surface area contributed by atoms with Crippen molar-refractivity contribution in [2.24, 2.45) is 0 Å². The number of nitrogens with zero attached hydrogens (tertiary/aromatic N) is 2. The molecule has 1 amide bonds. The van der Waals surface area contributed by atoms with Crippen LogP contribution in [0.5, 0.6) is 0 Å². The molecule has 0 radical (unpaired) electrons. The van der Waals surface area contributed by atoms with E-state index in [-0.39, 0.29) is 23.9 Å². The van der Waals surface area contributed by atoms with Gasteiger partial charge >= 0.3 is 12.4 Å². The second-order valence-electron chi connectivity index (χ2n) is 11.6. The van der Waals surface area contributed by atoms with Crippen LogP contribution in [0.2, 0.25) is 5.02 Å². The number of benzene rings is 3. The van der Waals surface area contributed by atoms with E-state index in [9.17, 15) is 35.3 Å². The first-order valence-corrected chi connectivity index (χ1v) is 15.9.